The molecule has 14 aromatic rings. The van der Waals surface area contributed by atoms with Crippen LogP contribution in [0.3, 0.4) is 0 Å². The molecule has 0 radical (unpaired) electrons. The van der Waals surface area contributed by atoms with Crippen molar-refractivity contribution in [2.24, 2.45) is 0 Å². The first-order valence-corrected chi connectivity index (χ1v) is 27.9. The molecule has 4 heterocycles. The van der Waals surface area contributed by atoms with Crippen LogP contribution in [0.4, 0.5) is 0 Å². The van der Waals surface area contributed by atoms with Crippen molar-refractivity contribution in [1.29, 1.82) is 0 Å². The molecule has 0 amide bonds. The van der Waals surface area contributed by atoms with E-state index in [-0.39, 0.29) is 0 Å². The van der Waals surface area contributed by atoms with Gasteiger partial charge in [0.2, 0.25) is 0 Å². The van der Waals surface area contributed by atoms with Crippen LogP contribution in [0.5, 0.6) is 0 Å². The van der Waals surface area contributed by atoms with Gasteiger partial charge in [0, 0.05) is 44.1 Å². The number of hydrogen-bond donors (Lipinski definition) is 0. The van der Waals surface area contributed by atoms with Crippen LogP contribution in [0.25, 0.3) is 122 Å². The number of hydrogen-bond acceptors (Lipinski definition) is 4. The monoisotopic (exact) mass is 1030 g/mol. The first-order valence-electron chi connectivity index (χ1n) is 27.9. The molecule has 4 heteroatoms. The van der Waals surface area contributed by atoms with Crippen LogP contribution in [0.2, 0.25) is 0 Å². The molecule has 0 saturated heterocycles. The summed E-state index contributed by atoms with van der Waals surface area (Å²) in [5, 5.41) is 4.41. The van der Waals surface area contributed by atoms with Crippen LogP contribution < -0.4 is 0 Å². The fraction of sp³-hybridized carbons (Fsp3) is 0.0649. The van der Waals surface area contributed by atoms with E-state index in [1.54, 1.807) is 0 Å². The topological polar surface area (TPSA) is 51.6 Å². The van der Waals surface area contributed by atoms with Gasteiger partial charge in [-0.05, 0) is 153 Å². The van der Waals surface area contributed by atoms with Gasteiger partial charge in [0.15, 0.2) is 0 Å². The third-order valence-corrected chi connectivity index (χ3v) is 16.9. The molecule has 382 valence electrons. The molecule has 0 unspecified atom stereocenters. The minimum absolute atomic E-state index is 0.750. The fourth-order valence-electron chi connectivity index (χ4n) is 13.1. The molecule has 0 spiro atoms. The molecule has 4 aromatic heterocycles. The summed E-state index contributed by atoms with van der Waals surface area (Å²) in [6, 6.07) is 93.4. The summed E-state index contributed by atoms with van der Waals surface area (Å²) in [7, 11) is 0. The Balaban J connectivity index is 0.970. The zero-order valence-electron chi connectivity index (χ0n) is 45.5. The fourth-order valence-corrected chi connectivity index (χ4v) is 13.1. The van der Waals surface area contributed by atoms with Gasteiger partial charge >= 0.3 is 0 Å². The predicted octanol–water partition coefficient (Wildman–Crippen LogP) is 19.5. The predicted molar refractivity (Wildman–Crippen MR) is 337 cm³/mol. The third kappa shape index (κ3) is 7.89. The highest BCUT2D eigenvalue weighted by Crippen LogP contribution is 2.58. The second-order valence-corrected chi connectivity index (χ2v) is 21.9. The summed E-state index contributed by atoms with van der Waals surface area (Å²) >= 11 is 0. The molecule has 0 bridgehead atoms. The zero-order valence-corrected chi connectivity index (χ0v) is 45.5. The highest BCUT2D eigenvalue weighted by Gasteiger charge is 2.46. The average Bonchev–Trinajstić information content (AvgIpc) is 3.62. The Labute approximate surface area is 471 Å². The maximum Gasteiger partial charge on any atom is 0.0978 e. The number of pyridine rings is 4. The number of aryl methyl sites for hydroxylation is 4. The van der Waals surface area contributed by atoms with Crippen molar-refractivity contribution >= 4 is 43.6 Å². The molecule has 0 atom stereocenters. The SMILES string of the molecule is Cc1cc(C)c2ccc3c(-c4ccccc4)cc(-c4ccc(C5(c6ccc(-c7cc(-c8ccccc8)c8ccc9c(C)cc(C)nc9c8n7)cc6)c6cc(-c7ccccc7)ccc6-c6ccc(-c7ccccc7)cc65)cc4)nc3c2n1. The molecule has 1 aliphatic rings. The standard InChI is InChI=1S/C77H54N4/c1-47-41-49(3)78-73-61(47)37-39-65-67(53-21-13-7-14-22-53)45-71(80-75(65)73)55-25-31-59(32-26-55)77(69-43-57(51-17-9-5-10-18-51)29-35-63(69)64-36-30-58(44-70(64)77)52-19-11-6-12-20-52)60-33-27-56(28-34-60)72-46-68(54-23-15-8-16-24-54)66-40-38-62-48(2)42-50(4)79-74(62)76(66)81-72/h5-46H,1-4H3. The summed E-state index contributed by atoms with van der Waals surface area (Å²) in [6.45, 7) is 8.48. The summed E-state index contributed by atoms with van der Waals surface area (Å²) in [5.41, 5.74) is 27.6. The highest BCUT2D eigenvalue weighted by atomic mass is 14.8. The van der Waals surface area contributed by atoms with Gasteiger partial charge in [0.25, 0.3) is 0 Å². The molecular formula is C77H54N4. The molecule has 10 aromatic carbocycles. The molecular weight excluding hydrogens is 981 g/mol. The van der Waals surface area contributed by atoms with Gasteiger partial charge in [-0.3, -0.25) is 9.97 Å². The van der Waals surface area contributed by atoms with Crippen molar-refractivity contribution in [3.63, 3.8) is 0 Å². The van der Waals surface area contributed by atoms with E-state index in [9.17, 15) is 0 Å². The van der Waals surface area contributed by atoms with E-state index in [0.717, 1.165) is 111 Å². The molecule has 4 nitrogen and oxygen atoms in total. The van der Waals surface area contributed by atoms with Gasteiger partial charge in [-0.25, -0.2) is 9.97 Å². The molecule has 1 aliphatic carbocycles. The number of nitrogens with zero attached hydrogens (tertiary/aromatic N) is 4. The maximum atomic E-state index is 5.54. The number of fused-ring (bicyclic) bond motifs is 9. The van der Waals surface area contributed by atoms with Crippen molar-refractivity contribution < 1.29 is 0 Å². The molecule has 0 fully saturated rings. The van der Waals surface area contributed by atoms with E-state index >= 15 is 0 Å². The largest absolute Gasteiger partial charge is 0.251 e. The van der Waals surface area contributed by atoms with Gasteiger partial charge in [-0.15, -0.1) is 0 Å². The van der Waals surface area contributed by atoms with Gasteiger partial charge in [-0.1, -0.05) is 218 Å². The van der Waals surface area contributed by atoms with Crippen LogP contribution in [0, 0.1) is 27.7 Å². The van der Waals surface area contributed by atoms with Crippen molar-refractivity contribution in [2.45, 2.75) is 33.1 Å². The molecule has 0 aliphatic heterocycles. The number of rotatable bonds is 8. The van der Waals surface area contributed by atoms with Crippen LogP contribution in [-0.2, 0) is 5.41 Å². The first-order chi connectivity index (χ1) is 39.8. The summed E-state index contributed by atoms with van der Waals surface area (Å²) < 4.78 is 0. The number of benzene rings is 10. The summed E-state index contributed by atoms with van der Waals surface area (Å²) in [5.74, 6) is 0. The van der Waals surface area contributed by atoms with Crippen LogP contribution in [0.1, 0.15) is 44.8 Å². The normalized spacial score (nSPS) is 12.5. The molecule has 81 heavy (non-hydrogen) atoms. The Morgan fingerprint density at radius 3 is 0.963 bits per heavy atom. The minimum Gasteiger partial charge on any atom is -0.251 e. The van der Waals surface area contributed by atoms with Gasteiger partial charge < -0.3 is 0 Å². The molecule has 0 saturated carbocycles. The van der Waals surface area contributed by atoms with E-state index < -0.39 is 5.41 Å². The smallest absolute Gasteiger partial charge is 0.0978 e. The quantitative estimate of drug-likeness (QED) is 0.142. The molecule has 0 N–H and O–H groups in total. The number of aromatic nitrogens is 4. The molecule has 15 rings (SSSR count). The van der Waals surface area contributed by atoms with Gasteiger partial charge in [0.05, 0.1) is 38.9 Å². The van der Waals surface area contributed by atoms with E-state index in [4.69, 9.17) is 19.9 Å². The van der Waals surface area contributed by atoms with E-state index in [1.807, 2.05) is 0 Å². The minimum atomic E-state index is -0.750. The van der Waals surface area contributed by atoms with E-state index in [0.29, 0.717) is 0 Å². The Bertz CT molecular complexity index is 4490. The summed E-state index contributed by atoms with van der Waals surface area (Å²) in [4.78, 5) is 21.4. The van der Waals surface area contributed by atoms with Crippen molar-refractivity contribution in [2.75, 3.05) is 0 Å². The third-order valence-electron chi connectivity index (χ3n) is 16.9. The van der Waals surface area contributed by atoms with E-state index in [1.165, 1.54) is 55.6 Å². The lowest BCUT2D eigenvalue weighted by molar-refractivity contribution is 0.769. The average molecular weight is 1040 g/mol. The lowest BCUT2D eigenvalue weighted by atomic mass is 9.67. The Morgan fingerprint density at radius 2 is 0.580 bits per heavy atom. The van der Waals surface area contributed by atoms with Gasteiger partial charge in [-0.2, -0.15) is 0 Å². The van der Waals surface area contributed by atoms with Crippen molar-refractivity contribution in [1.82, 2.24) is 19.9 Å². The van der Waals surface area contributed by atoms with Crippen LogP contribution in [-0.4, -0.2) is 19.9 Å². The van der Waals surface area contributed by atoms with Crippen LogP contribution >= 0.6 is 0 Å². The van der Waals surface area contributed by atoms with Crippen molar-refractivity contribution in [3.8, 4) is 78.1 Å². The Kier molecular flexibility index (Phi) is 11.3. The highest BCUT2D eigenvalue weighted by molar-refractivity contribution is 6.11. The lowest BCUT2D eigenvalue weighted by Crippen LogP contribution is -2.28. The summed E-state index contributed by atoms with van der Waals surface area (Å²) in [6.07, 6.45) is 0. The van der Waals surface area contributed by atoms with Crippen LogP contribution in [0.15, 0.2) is 255 Å². The van der Waals surface area contributed by atoms with Gasteiger partial charge in [0.1, 0.15) is 0 Å². The first kappa shape index (κ1) is 48.0. The second kappa shape index (κ2) is 19.0. The Hall–Kier alpha value is -10.2. The second-order valence-electron chi connectivity index (χ2n) is 21.9. The maximum absolute atomic E-state index is 5.54. The van der Waals surface area contributed by atoms with E-state index in [2.05, 4.69) is 282 Å². The lowest BCUT2D eigenvalue weighted by Gasteiger charge is -2.34. The van der Waals surface area contributed by atoms with Crippen molar-refractivity contribution in [3.05, 3.63) is 300 Å². The Morgan fingerprint density at radius 1 is 0.247 bits per heavy atom. The zero-order chi connectivity index (χ0) is 54.3.